The second-order valence-corrected chi connectivity index (χ2v) is 8.12. The van der Waals surface area contributed by atoms with Gasteiger partial charge in [-0.25, -0.2) is 17.9 Å². The first kappa shape index (κ1) is 20.4. The van der Waals surface area contributed by atoms with E-state index < -0.39 is 16.0 Å². The lowest BCUT2D eigenvalue weighted by Gasteiger charge is -2.26. The summed E-state index contributed by atoms with van der Waals surface area (Å²) in [6.07, 6.45) is 2.95. The molecule has 0 radical (unpaired) electrons. The molecule has 2 heterocycles. The summed E-state index contributed by atoms with van der Waals surface area (Å²) in [6, 6.07) is 0. The van der Waals surface area contributed by atoms with Crippen LogP contribution in [0.5, 0.6) is 0 Å². The van der Waals surface area contributed by atoms with Gasteiger partial charge in [0, 0.05) is 31.5 Å². The topological polar surface area (TPSA) is 97.7 Å². The van der Waals surface area contributed by atoms with Gasteiger partial charge in [0.15, 0.2) is 0 Å². The van der Waals surface area contributed by atoms with Gasteiger partial charge in [-0.15, -0.1) is 0 Å². The standard InChI is InChI=1S/C17H27N3O5S/c1-5-25-17(22)15-12(2)19(4)13(3)16(15)26(23,24)18-11-14(21)20-9-7-6-8-10-20/h18H,5-11H2,1-4H3. The molecule has 1 aromatic rings. The lowest BCUT2D eigenvalue weighted by molar-refractivity contribution is -0.130. The number of amides is 1. The predicted molar refractivity (Wildman–Crippen MR) is 96.5 cm³/mol. The summed E-state index contributed by atoms with van der Waals surface area (Å²) >= 11 is 0. The highest BCUT2D eigenvalue weighted by Crippen LogP contribution is 2.26. The zero-order valence-electron chi connectivity index (χ0n) is 15.8. The molecule has 0 bridgehead atoms. The molecule has 26 heavy (non-hydrogen) atoms. The van der Waals surface area contributed by atoms with Crippen LogP contribution in [0.15, 0.2) is 4.90 Å². The molecule has 0 spiro atoms. The zero-order valence-corrected chi connectivity index (χ0v) is 16.6. The molecule has 2 rings (SSSR count). The Hall–Kier alpha value is -1.87. The van der Waals surface area contributed by atoms with Gasteiger partial charge in [-0.05, 0) is 40.0 Å². The number of carbonyl (C=O) groups excluding carboxylic acids is 2. The molecule has 1 N–H and O–H groups in total. The van der Waals surface area contributed by atoms with Gasteiger partial charge in [0.1, 0.15) is 10.5 Å². The van der Waals surface area contributed by atoms with Crippen LogP contribution in [0.1, 0.15) is 47.9 Å². The highest BCUT2D eigenvalue weighted by Gasteiger charge is 2.32. The van der Waals surface area contributed by atoms with Crippen molar-refractivity contribution in [3.63, 3.8) is 0 Å². The molecule has 1 aliphatic heterocycles. The van der Waals surface area contributed by atoms with Gasteiger partial charge in [0.25, 0.3) is 0 Å². The molecule has 1 aromatic heterocycles. The third-order valence-corrected chi connectivity index (χ3v) is 6.36. The minimum absolute atomic E-state index is 0.0183. The van der Waals surface area contributed by atoms with E-state index in [1.165, 1.54) is 0 Å². The van der Waals surface area contributed by atoms with Gasteiger partial charge < -0.3 is 14.2 Å². The van der Waals surface area contributed by atoms with Crippen molar-refractivity contribution in [2.75, 3.05) is 26.2 Å². The summed E-state index contributed by atoms with van der Waals surface area (Å²) < 4.78 is 34.7. The van der Waals surface area contributed by atoms with E-state index in [4.69, 9.17) is 4.74 Å². The Kier molecular flexibility index (Phi) is 6.46. The van der Waals surface area contributed by atoms with Crippen LogP contribution >= 0.6 is 0 Å². The van der Waals surface area contributed by atoms with Crippen molar-refractivity contribution >= 4 is 21.9 Å². The fraction of sp³-hybridized carbons (Fsp3) is 0.647. The normalized spacial score (nSPS) is 15.2. The van der Waals surface area contributed by atoms with Crippen molar-refractivity contribution in [2.45, 2.75) is 44.9 Å². The average Bonchev–Trinajstić information content (AvgIpc) is 2.85. The molecule has 146 valence electrons. The number of esters is 1. The van der Waals surface area contributed by atoms with Crippen molar-refractivity contribution in [1.29, 1.82) is 0 Å². The van der Waals surface area contributed by atoms with Crippen LogP contribution in [0.25, 0.3) is 0 Å². The van der Waals surface area contributed by atoms with E-state index in [0.29, 0.717) is 24.5 Å². The number of likely N-dealkylation sites (tertiary alicyclic amines) is 1. The number of aromatic nitrogens is 1. The average molecular weight is 385 g/mol. The molecular formula is C17H27N3O5S. The molecule has 1 fully saturated rings. The fourth-order valence-electron chi connectivity index (χ4n) is 3.17. The second kappa shape index (κ2) is 8.22. The number of carbonyl (C=O) groups is 2. The van der Waals surface area contributed by atoms with E-state index in [1.54, 1.807) is 37.3 Å². The molecule has 0 aliphatic carbocycles. The maximum atomic E-state index is 12.8. The molecule has 0 atom stereocenters. The summed E-state index contributed by atoms with van der Waals surface area (Å²) in [5.74, 6) is -0.937. The second-order valence-electron chi connectivity index (χ2n) is 6.42. The van der Waals surface area contributed by atoms with Crippen LogP contribution in [-0.4, -0.2) is 56.0 Å². The van der Waals surface area contributed by atoms with E-state index in [1.807, 2.05) is 0 Å². The number of nitrogens with one attached hydrogen (secondary N) is 1. The molecule has 1 amide bonds. The minimum atomic E-state index is -4.04. The molecule has 1 aliphatic rings. The Morgan fingerprint density at radius 1 is 1.12 bits per heavy atom. The van der Waals surface area contributed by atoms with Crippen LogP contribution in [0.3, 0.4) is 0 Å². The van der Waals surface area contributed by atoms with Gasteiger partial charge in [-0.3, -0.25) is 4.79 Å². The highest BCUT2D eigenvalue weighted by molar-refractivity contribution is 7.89. The maximum absolute atomic E-state index is 12.8. The Balaban J connectivity index is 2.26. The largest absolute Gasteiger partial charge is 0.462 e. The highest BCUT2D eigenvalue weighted by atomic mass is 32.2. The van der Waals surface area contributed by atoms with Gasteiger partial charge in [-0.1, -0.05) is 0 Å². The third kappa shape index (κ3) is 4.09. The number of sulfonamides is 1. The molecule has 0 aromatic carbocycles. The van der Waals surface area contributed by atoms with Crippen molar-refractivity contribution < 1.29 is 22.7 Å². The van der Waals surface area contributed by atoms with Crippen LogP contribution in [-0.2, 0) is 26.6 Å². The number of piperidine rings is 1. The van der Waals surface area contributed by atoms with E-state index in [2.05, 4.69) is 4.72 Å². The quantitative estimate of drug-likeness (QED) is 0.740. The number of nitrogens with zero attached hydrogens (tertiary/aromatic N) is 2. The summed E-state index contributed by atoms with van der Waals surface area (Å²) in [4.78, 5) is 26.1. The lowest BCUT2D eigenvalue weighted by Crippen LogP contribution is -2.42. The Morgan fingerprint density at radius 3 is 2.31 bits per heavy atom. The predicted octanol–water partition coefficient (Wildman–Crippen LogP) is 1.11. The summed E-state index contributed by atoms with van der Waals surface area (Å²) in [5, 5.41) is 0. The zero-order chi connectivity index (χ0) is 19.5. The van der Waals surface area contributed by atoms with Crippen molar-refractivity contribution in [1.82, 2.24) is 14.2 Å². The first-order valence-electron chi connectivity index (χ1n) is 8.81. The Bertz CT molecular complexity index is 792. The van der Waals surface area contributed by atoms with E-state index in [0.717, 1.165) is 19.3 Å². The van der Waals surface area contributed by atoms with Gasteiger partial charge in [0.2, 0.25) is 15.9 Å². The first-order chi connectivity index (χ1) is 12.2. The van der Waals surface area contributed by atoms with Crippen LogP contribution < -0.4 is 4.72 Å². The van der Waals surface area contributed by atoms with Crippen molar-refractivity contribution in [3.05, 3.63) is 17.0 Å². The number of hydrogen-bond acceptors (Lipinski definition) is 5. The maximum Gasteiger partial charge on any atom is 0.341 e. The van der Waals surface area contributed by atoms with Crippen LogP contribution in [0, 0.1) is 13.8 Å². The number of rotatable bonds is 6. The summed E-state index contributed by atoms with van der Waals surface area (Å²) in [5.41, 5.74) is 0.942. The molecular weight excluding hydrogens is 358 g/mol. The first-order valence-corrected chi connectivity index (χ1v) is 10.3. The van der Waals surface area contributed by atoms with Gasteiger partial charge in [-0.2, -0.15) is 0 Å². The SMILES string of the molecule is CCOC(=O)c1c(S(=O)(=O)NCC(=O)N2CCCCC2)c(C)n(C)c1C. The van der Waals surface area contributed by atoms with E-state index in [9.17, 15) is 18.0 Å². The third-order valence-electron chi connectivity index (χ3n) is 4.79. The fourth-order valence-corrected chi connectivity index (χ4v) is 4.66. The number of ether oxygens (including phenoxy) is 1. The van der Waals surface area contributed by atoms with E-state index in [-0.39, 0.29) is 29.5 Å². The smallest absolute Gasteiger partial charge is 0.341 e. The Labute approximate surface area is 154 Å². The molecule has 8 nitrogen and oxygen atoms in total. The lowest BCUT2D eigenvalue weighted by atomic mass is 10.1. The summed E-state index contributed by atoms with van der Waals surface area (Å²) in [6.45, 7) is 6.07. The molecule has 9 heteroatoms. The number of hydrogen-bond donors (Lipinski definition) is 1. The van der Waals surface area contributed by atoms with Gasteiger partial charge >= 0.3 is 5.97 Å². The van der Waals surface area contributed by atoms with Crippen molar-refractivity contribution in [2.24, 2.45) is 7.05 Å². The molecule has 1 saturated heterocycles. The van der Waals surface area contributed by atoms with Crippen LogP contribution in [0.4, 0.5) is 0 Å². The minimum Gasteiger partial charge on any atom is -0.462 e. The van der Waals surface area contributed by atoms with Crippen molar-refractivity contribution in [3.8, 4) is 0 Å². The van der Waals surface area contributed by atoms with Crippen LogP contribution in [0.2, 0.25) is 0 Å². The molecule has 0 unspecified atom stereocenters. The molecule has 0 saturated carbocycles. The van der Waals surface area contributed by atoms with Gasteiger partial charge in [0.05, 0.1) is 13.2 Å². The van der Waals surface area contributed by atoms with E-state index >= 15 is 0 Å². The Morgan fingerprint density at radius 2 is 1.73 bits per heavy atom. The summed E-state index contributed by atoms with van der Waals surface area (Å²) in [7, 11) is -2.35. The monoisotopic (exact) mass is 385 g/mol.